The lowest BCUT2D eigenvalue weighted by Crippen LogP contribution is -2.38. The van der Waals surface area contributed by atoms with Gasteiger partial charge in [-0.15, -0.1) is 0 Å². The Morgan fingerprint density at radius 2 is 2.06 bits per heavy atom. The van der Waals surface area contributed by atoms with E-state index >= 15 is 0 Å². The number of rotatable bonds is 5. The van der Waals surface area contributed by atoms with Crippen LogP contribution in [0, 0.1) is 0 Å². The monoisotopic (exact) mass is 243 g/mol. The zero-order chi connectivity index (χ0) is 12.0. The second-order valence-electron chi connectivity index (χ2n) is 4.42. The van der Waals surface area contributed by atoms with Gasteiger partial charge in [0.2, 0.25) is 0 Å². The summed E-state index contributed by atoms with van der Waals surface area (Å²) in [6.07, 6.45) is 1.24. The summed E-state index contributed by atoms with van der Waals surface area (Å²) in [4.78, 5) is 7.05. The highest BCUT2D eigenvalue weighted by atomic mass is 32.2. The molecule has 1 rings (SSSR count). The van der Waals surface area contributed by atoms with E-state index in [4.69, 9.17) is 0 Å². The number of likely N-dealkylation sites (N-methyl/N-ethyl adjacent to an activating group) is 1. The minimum absolute atomic E-state index is 0.573. The molecule has 1 aliphatic heterocycles. The summed E-state index contributed by atoms with van der Waals surface area (Å²) in [7, 11) is 0. The second-order valence-corrected chi connectivity index (χ2v) is 5.85. The number of hydrogen-bond donors (Lipinski definition) is 1. The van der Waals surface area contributed by atoms with Gasteiger partial charge in [0.25, 0.3) is 0 Å². The SMILES string of the molecule is CCN(CC)CCN=C1NC(C)CC(C)S1. The Balaban J connectivity index is 2.33. The first-order valence-corrected chi connectivity index (χ1v) is 7.23. The van der Waals surface area contributed by atoms with Gasteiger partial charge < -0.3 is 10.2 Å². The van der Waals surface area contributed by atoms with Gasteiger partial charge in [0.05, 0.1) is 6.54 Å². The highest BCUT2D eigenvalue weighted by Crippen LogP contribution is 2.21. The molecule has 4 heteroatoms. The maximum Gasteiger partial charge on any atom is 0.157 e. The molecule has 0 bridgehead atoms. The average molecular weight is 243 g/mol. The highest BCUT2D eigenvalue weighted by Gasteiger charge is 2.19. The Labute approximate surface area is 104 Å². The third-order valence-electron chi connectivity index (χ3n) is 2.93. The summed E-state index contributed by atoms with van der Waals surface area (Å²) in [5.74, 6) is 0. The van der Waals surface area contributed by atoms with Crippen molar-refractivity contribution in [3.05, 3.63) is 0 Å². The average Bonchev–Trinajstić information content (AvgIpc) is 2.23. The number of amidine groups is 1. The molecule has 1 saturated heterocycles. The Morgan fingerprint density at radius 1 is 1.38 bits per heavy atom. The summed E-state index contributed by atoms with van der Waals surface area (Å²) in [5.41, 5.74) is 0. The number of nitrogens with zero attached hydrogens (tertiary/aromatic N) is 2. The first-order valence-electron chi connectivity index (χ1n) is 6.35. The van der Waals surface area contributed by atoms with Crippen molar-refractivity contribution in [1.29, 1.82) is 0 Å². The molecule has 0 aromatic heterocycles. The Bertz CT molecular complexity index is 214. The van der Waals surface area contributed by atoms with Crippen molar-refractivity contribution in [3.63, 3.8) is 0 Å². The van der Waals surface area contributed by atoms with E-state index in [-0.39, 0.29) is 0 Å². The lowest BCUT2D eigenvalue weighted by molar-refractivity contribution is 0.313. The van der Waals surface area contributed by atoms with Crippen LogP contribution in [-0.2, 0) is 0 Å². The maximum atomic E-state index is 4.65. The van der Waals surface area contributed by atoms with E-state index in [0.29, 0.717) is 11.3 Å². The van der Waals surface area contributed by atoms with Crippen molar-refractivity contribution in [1.82, 2.24) is 10.2 Å². The van der Waals surface area contributed by atoms with Crippen LogP contribution in [0.3, 0.4) is 0 Å². The van der Waals surface area contributed by atoms with Gasteiger partial charge in [0.15, 0.2) is 5.17 Å². The molecule has 16 heavy (non-hydrogen) atoms. The van der Waals surface area contributed by atoms with Crippen LogP contribution in [0.2, 0.25) is 0 Å². The van der Waals surface area contributed by atoms with Crippen molar-refractivity contribution in [2.45, 2.75) is 45.4 Å². The summed E-state index contributed by atoms with van der Waals surface area (Å²) < 4.78 is 0. The molecular formula is C12H25N3S. The minimum Gasteiger partial charge on any atom is -0.362 e. The topological polar surface area (TPSA) is 27.6 Å². The van der Waals surface area contributed by atoms with E-state index in [9.17, 15) is 0 Å². The molecule has 1 aliphatic rings. The van der Waals surface area contributed by atoms with E-state index in [2.05, 4.69) is 42.9 Å². The van der Waals surface area contributed by atoms with Crippen LogP contribution in [0.5, 0.6) is 0 Å². The predicted octanol–water partition coefficient (Wildman–Crippen LogP) is 2.19. The molecule has 0 aromatic rings. The number of hydrogen-bond acceptors (Lipinski definition) is 3. The largest absolute Gasteiger partial charge is 0.362 e. The van der Waals surface area contributed by atoms with E-state index in [1.807, 2.05) is 11.8 Å². The van der Waals surface area contributed by atoms with Gasteiger partial charge in [0, 0.05) is 17.8 Å². The molecular weight excluding hydrogens is 218 g/mol. The summed E-state index contributed by atoms with van der Waals surface area (Å²) in [5, 5.41) is 5.29. The van der Waals surface area contributed by atoms with Gasteiger partial charge in [-0.25, -0.2) is 0 Å². The van der Waals surface area contributed by atoms with Crippen LogP contribution in [0.25, 0.3) is 0 Å². The third-order valence-corrected chi connectivity index (χ3v) is 4.00. The second kappa shape index (κ2) is 7.17. The summed E-state index contributed by atoms with van der Waals surface area (Å²) in [6.45, 7) is 13.1. The molecule has 0 aliphatic carbocycles. The molecule has 1 N–H and O–H groups in total. The van der Waals surface area contributed by atoms with Gasteiger partial charge in [-0.1, -0.05) is 32.5 Å². The van der Waals surface area contributed by atoms with Crippen molar-refractivity contribution in [3.8, 4) is 0 Å². The lowest BCUT2D eigenvalue weighted by atomic mass is 10.2. The quantitative estimate of drug-likeness (QED) is 0.802. The zero-order valence-corrected chi connectivity index (χ0v) is 11.8. The molecule has 3 nitrogen and oxygen atoms in total. The molecule has 0 amide bonds. The number of nitrogens with one attached hydrogen (secondary N) is 1. The van der Waals surface area contributed by atoms with E-state index in [0.717, 1.165) is 31.3 Å². The molecule has 1 heterocycles. The molecule has 0 saturated carbocycles. The van der Waals surface area contributed by atoms with Gasteiger partial charge in [0.1, 0.15) is 0 Å². The molecule has 2 unspecified atom stereocenters. The zero-order valence-electron chi connectivity index (χ0n) is 11.0. The first-order chi connectivity index (χ1) is 7.65. The summed E-state index contributed by atoms with van der Waals surface area (Å²) in [6, 6.07) is 0.573. The van der Waals surface area contributed by atoms with Crippen LogP contribution < -0.4 is 5.32 Å². The van der Waals surface area contributed by atoms with Crippen LogP contribution in [0.1, 0.15) is 34.1 Å². The highest BCUT2D eigenvalue weighted by molar-refractivity contribution is 8.14. The fourth-order valence-electron chi connectivity index (χ4n) is 1.96. The van der Waals surface area contributed by atoms with Gasteiger partial charge in [-0.3, -0.25) is 4.99 Å². The minimum atomic E-state index is 0.573. The molecule has 2 atom stereocenters. The van der Waals surface area contributed by atoms with Crippen LogP contribution >= 0.6 is 11.8 Å². The van der Waals surface area contributed by atoms with Crippen LogP contribution in [0.15, 0.2) is 4.99 Å². The maximum absolute atomic E-state index is 4.65. The van der Waals surface area contributed by atoms with Crippen LogP contribution in [0.4, 0.5) is 0 Å². The van der Waals surface area contributed by atoms with Crippen molar-refractivity contribution < 1.29 is 0 Å². The Kier molecular flexibility index (Phi) is 6.21. The standard InChI is InChI=1S/C12H25N3S/c1-5-15(6-2)8-7-13-12-14-10(3)9-11(4)16-12/h10-11H,5-9H2,1-4H3,(H,13,14). The smallest absolute Gasteiger partial charge is 0.157 e. The molecule has 1 fully saturated rings. The lowest BCUT2D eigenvalue weighted by Gasteiger charge is -2.27. The number of thioether (sulfide) groups is 1. The van der Waals surface area contributed by atoms with Crippen molar-refractivity contribution in [2.24, 2.45) is 4.99 Å². The van der Waals surface area contributed by atoms with Gasteiger partial charge in [-0.2, -0.15) is 0 Å². The molecule has 0 aromatic carbocycles. The predicted molar refractivity (Wildman–Crippen MR) is 74.4 cm³/mol. The van der Waals surface area contributed by atoms with E-state index < -0.39 is 0 Å². The molecule has 0 spiro atoms. The third kappa shape index (κ3) is 4.74. The Hall–Kier alpha value is -0.220. The normalized spacial score (nSPS) is 28.4. The van der Waals surface area contributed by atoms with E-state index in [1.165, 1.54) is 6.42 Å². The first kappa shape index (κ1) is 13.8. The van der Waals surface area contributed by atoms with Crippen molar-refractivity contribution in [2.75, 3.05) is 26.2 Å². The summed E-state index contributed by atoms with van der Waals surface area (Å²) >= 11 is 1.88. The van der Waals surface area contributed by atoms with Gasteiger partial charge in [-0.05, 0) is 26.4 Å². The fourth-order valence-corrected chi connectivity index (χ4v) is 3.16. The van der Waals surface area contributed by atoms with Gasteiger partial charge >= 0.3 is 0 Å². The molecule has 0 radical (unpaired) electrons. The van der Waals surface area contributed by atoms with E-state index in [1.54, 1.807) is 0 Å². The fraction of sp³-hybridized carbons (Fsp3) is 0.917. The van der Waals surface area contributed by atoms with Crippen molar-refractivity contribution >= 4 is 16.9 Å². The number of aliphatic imine (C=N–C) groups is 1. The Morgan fingerprint density at radius 3 is 2.62 bits per heavy atom. The van der Waals surface area contributed by atoms with Crippen LogP contribution in [-0.4, -0.2) is 47.5 Å². The molecule has 94 valence electrons.